The SMILES string of the molecule is COC(=O)c1cnccc1Nc1nc(-c2cc(Br)ccc2F)nc2nccnc12.Fc1ccc(Br)cc1-c1nc(Cl)c2nccnc2n1.O=C(NCCCN1CCCC1=O)c1cnccc1Nc1nc(-c2cc(Br)ccc2F)nc2nccnc12.O=C(O)c1cnccc1Nc1nc(-c2cc(Br)ccc2F)nc2nccnc12.O=c1[nH]c(-c2cc(Br)ccc2F)nc2nccnc12. The number of fused-ring (bicyclic) bond motifs is 5. The van der Waals surface area contributed by atoms with Gasteiger partial charge in [-0.3, -0.25) is 29.3 Å². The average molecular weight is 2120 g/mol. The number of aromatic amines is 1. The predicted octanol–water partition coefficient (Wildman–Crippen LogP) is 17.5. The smallest absolute Gasteiger partial charge is 0.341 e. The second-order valence-electron chi connectivity index (χ2n) is 27.2. The number of benzene rings is 5. The van der Waals surface area contributed by atoms with E-state index in [1.807, 2.05) is 4.90 Å². The van der Waals surface area contributed by atoms with Crippen LogP contribution in [0.4, 0.5) is 56.5 Å². The van der Waals surface area contributed by atoms with Gasteiger partial charge >= 0.3 is 11.9 Å². The van der Waals surface area contributed by atoms with Crippen LogP contribution in [-0.4, -0.2) is 175 Å². The summed E-state index contributed by atoms with van der Waals surface area (Å²) in [7, 11) is 1.28. The van der Waals surface area contributed by atoms with Crippen LogP contribution in [0.25, 0.3) is 113 Å². The second-order valence-corrected chi connectivity index (χ2v) is 32.2. The highest BCUT2D eigenvalue weighted by atomic mass is 79.9. The van der Waals surface area contributed by atoms with Crippen molar-refractivity contribution in [2.24, 2.45) is 0 Å². The van der Waals surface area contributed by atoms with Gasteiger partial charge in [0.25, 0.3) is 11.5 Å². The van der Waals surface area contributed by atoms with Gasteiger partial charge in [-0.05, 0) is 122 Å². The largest absolute Gasteiger partial charge is 0.478 e. The fraction of sp³-hybridized carbons (Fsp3) is 0.0814. The van der Waals surface area contributed by atoms with Crippen LogP contribution in [-0.2, 0) is 9.53 Å². The molecule has 6 N–H and O–H groups in total. The summed E-state index contributed by atoms with van der Waals surface area (Å²) in [5, 5.41) is 21.5. The quantitative estimate of drug-likeness (QED) is 0.0201. The summed E-state index contributed by atoms with van der Waals surface area (Å²) in [6, 6.07) is 27.0. The molecule has 658 valence electrons. The molecule has 46 heteroatoms. The molecule has 0 aliphatic carbocycles. The second kappa shape index (κ2) is 42.1. The van der Waals surface area contributed by atoms with Crippen molar-refractivity contribution >= 4 is 205 Å². The summed E-state index contributed by atoms with van der Waals surface area (Å²) in [5.41, 5.74) is 4.94. The number of pyridine rings is 3. The van der Waals surface area contributed by atoms with Crippen LogP contribution in [0.3, 0.4) is 0 Å². The first-order chi connectivity index (χ1) is 63.9. The van der Waals surface area contributed by atoms with Crippen molar-refractivity contribution in [2.45, 2.75) is 19.3 Å². The molecular formula is C86H55Br5ClF5N28O7. The monoisotopic (exact) mass is 2120 g/mol. The van der Waals surface area contributed by atoms with Gasteiger partial charge in [0.15, 0.2) is 96.2 Å². The number of carbonyl (C=O) groups is 4. The molecule has 0 bridgehead atoms. The Morgan fingerprint density at radius 2 is 0.780 bits per heavy atom. The lowest BCUT2D eigenvalue weighted by Gasteiger charge is -2.16. The van der Waals surface area contributed by atoms with Crippen LogP contribution in [0, 0.1) is 29.1 Å². The van der Waals surface area contributed by atoms with Crippen molar-refractivity contribution in [3.63, 3.8) is 0 Å². The first kappa shape index (κ1) is 91.8. The molecule has 5 aromatic carbocycles. The van der Waals surface area contributed by atoms with Gasteiger partial charge in [-0.1, -0.05) is 91.3 Å². The minimum absolute atomic E-state index is 0.0478. The zero-order valence-electron chi connectivity index (χ0n) is 67.2. The lowest BCUT2D eigenvalue weighted by atomic mass is 10.2. The summed E-state index contributed by atoms with van der Waals surface area (Å²) in [6.45, 7) is 1.79. The van der Waals surface area contributed by atoms with Crippen LogP contribution in [0.2, 0.25) is 5.15 Å². The molecule has 0 atom stereocenters. The Hall–Kier alpha value is -14.9. The summed E-state index contributed by atoms with van der Waals surface area (Å²) < 4.78 is 79.1. The van der Waals surface area contributed by atoms with Gasteiger partial charge in [0, 0.05) is 148 Å². The number of H-pyrrole nitrogens is 1. The fourth-order valence-corrected chi connectivity index (χ4v) is 14.6. The number of amides is 2. The number of anilines is 6. The van der Waals surface area contributed by atoms with Gasteiger partial charge in [-0.15, -0.1) is 0 Å². The molecule has 2 amide bonds. The van der Waals surface area contributed by atoms with E-state index in [2.05, 4.69) is 216 Å². The number of hydrogen-bond acceptors (Lipinski definition) is 31. The van der Waals surface area contributed by atoms with E-state index in [-0.39, 0.29) is 136 Å². The maximum Gasteiger partial charge on any atom is 0.341 e. The van der Waals surface area contributed by atoms with Gasteiger partial charge in [-0.25, -0.2) is 126 Å². The summed E-state index contributed by atoms with van der Waals surface area (Å²) >= 11 is 22.5. The van der Waals surface area contributed by atoms with Crippen molar-refractivity contribution in [1.82, 2.24) is 125 Å². The third kappa shape index (κ3) is 22.0. The first-order valence-electron chi connectivity index (χ1n) is 38.5. The molecule has 132 heavy (non-hydrogen) atoms. The number of nitrogens with one attached hydrogen (secondary N) is 5. The number of esters is 1. The molecule has 1 saturated heterocycles. The van der Waals surface area contributed by atoms with Gasteiger partial charge in [0.1, 0.15) is 51.6 Å². The minimum atomic E-state index is -1.15. The van der Waals surface area contributed by atoms with Crippen LogP contribution in [0.15, 0.2) is 236 Å². The van der Waals surface area contributed by atoms with Crippen molar-refractivity contribution in [2.75, 3.05) is 42.7 Å². The van der Waals surface area contributed by atoms with E-state index >= 15 is 0 Å². The van der Waals surface area contributed by atoms with E-state index in [0.717, 1.165) is 17.4 Å². The number of methoxy groups -OCH3 is 1. The van der Waals surface area contributed by atoms with Crippen molar-refractivity contribution in [3.8, 4) is 56.9 Å². The summed E-state index contributed by atoms with van der Waals surface area (Å²) in [5.74, 6) is -2.94. The number of likely N-dealkylation sites (tertiary alicyclic amines) is 1. The lowest BCUT2D eigenvalue weighted by Crippen LogP contribution is -2.31. The average Bonchev–Trinajstić information content (AvgIpc) is 0.826. The molecule has 35 nitrogen and oxygen atoms in total. The zero-order chi connectivity index (χ0) is 92.6. The van der Waals surface area contributed by atoms with Gasteiger partial charge < -0.3 is 41.0 Å². The lowest BCUT2D eigenvalue weighted by molar-refractivity contribution is -0.127. The van der Waals surface area contributed by atoms with Crippen LogP contribution in [0.1, 0.15) is 50.3 Å². The number of nitrogens with zero attached hydrogens (tertiary/aromatic N) is 23. The third-order valence-corrected chi connectivity index (χ3v) is 21.4. The van der Waals surface area contributed by atoms with Crippen LogP contribution >= 0.6 is 91.3 Å². The van der Waals surface area contributed by atoms with Gasteiger partial charge in [0.05, 0.1) is 57.6 Å². The normalized spacial score (nSPS) is 11.5. The highest BCUT2D eigenvalue weighted by Gasteiger charge is 2.25. The number of aromatic carboxylic acids is 1. The number of rotatable bonds is 18. The molecular weight excluding hydrogens is 2070 g/mol. The molecule has 0 spiro atoms. The molecule has 0 unspecified atom stereocenters. The molecule has 18 aromatic rings. The van der Waals surface area contributed by atoms with E-state index in [0.29, 0.717) is 88.5 Å². The van der Waals surface area contributed by atoms with Gasteiger partial charge in [-0.2, -0.15) is 0 Å². The number of carboxylic acid groups (broad SMARTS) is 1. The van der Waals surface area contributed by atoms with Crippen molar-refractivity contribution < 1.29 is 51.0 Å². The Kier molecular flexibility index (Phi) is 29.3. The third-order valence-electron chi connectivity index (χ3n) is 18.7. The van der Waals surface area contributed by atoms with Crippen LogP contribution < -0.4 is 26.8 Å². The predicted molar refractivity (Wildman–Crippen MR) is 493 cm³/mol. The maximum atomic E-state index is 14.6. The molecule has 14 heterocycles. The molecule has 0 saturated carbocycles. The summed E-state index contributed by atoms with van der Waals surface area (Å²) in [6.07, 6.45) is 25.3. The van der Waals surface area contributed by atoms with Crippen molar-refractivity contribution in [1.29, 1.82) is 0 Å². The van der Waals surface area contributed by atoms with E-state index in [4.69, 9.17) is 16.3 Å². The Labute approximate surface area is 786 Å². The van der Waals surface area contributed by atoms with Crippen LogP contribution in [0.5, 0.6) is 0 Å². The molecule has 1 fully saturated rings. The topological polar surface area (TPSA) is 466 Å². The molecule has 1 aliphatic rings. The van der Waals surface area contributed by atoms with E-state index < -0.39 is 46.6 Å². The Balaban J connectivity index is 0.000000129. The first-order valence-corrected chi connectivity index (χ1v) is 42.8. The fourth-order valence-electron chi connectivity index (χ4n) is 12.5. The highest BCUT2D eigenvalue weighted by molar-refractivity contribution is 9.11. The van der Waals surface area contributed by atoms with E-state index in [1.165, 1.54) is 143 Å². The Morgan fingerprint density at radius 3 is 1.19 bits per heavy atom. The molecule has 19 rings (SSSR count). The Morgan fingerprint density at radius 1 is 0.432 bits per heavy atom. The number of ether oxygens (including phenoxy) is 1. The number of aromatic nitrogens is 23. The van der Waals surface area contributed by atoms with Crippen molar-refractivity contribution in [3.05, 3.63) is 292 Å². The summed E-state index contributed by atoms with van der Waals surface area (Å²) in [4.78, 5) is 156. The number of halogens is 11. The van der Waals surface area contributed by atoms with E-state index in [1.54, 1.807) is 72.9 Å². The number of carbonyl (C=O) groups excluding carboxylic acids is 3. The standard InChI is InChI=1S/C25H22BrFN8O2.C19H12BrFN6O2.C18H10BrFN6O2.C12H5BrClFN4.C12H6BrFN4O/c26-15-4-5-18(27)16(13-15)22-33-23-21(29-9-10-30-23)24(34-22)32-19-6-8-28-14-17(19)25(37)31-7-2-12-35-11-1-3-20(35)36;1-29-19(28)12-9-22-5-4-14(12)25-18-15-17(24-7-6-23-15)26-16(27-18)11-8-10(20)2-3-13(11)21;19-9-1-2-12(20)10(7-9)15-25-16-14(22-5-6-23-16)17(26-15)24-13-3-4-21-8-11(13)18(27)28;13-6-1-2-8(15)7(5-6)11-18-10(14)9-12(19-11)17-4-3-16-9;13-6-1-2-8(14)7(5-6)10-17-11-9(12(19)18-10)15-3-4-16-11/h4-6,8-10,13-14H,1-3,7,11-12H2,(H,31,37)(H,28,30,32,33,34);2-9H,1H3,(H,22,24,25,26,27);1-8H,(H,27,28)(H,21,23,24,25,26);1-5H;1-5H,(H,16,17,18,19). The Bertz CT molecular complexity index is 7580. The minimum Gasteiger partial charge on any atom is -0.478 e. The zero-order valence-corrected chi connectivity index (χ0v) is 75.9. The molecule has 0 radical (unpaired) electrons. The molecule has 13 aromatic heterocycles. The van der Waals surface area contributed by atoms with Gasteiger partial charge in [0.2, 0.25) is 5.91 Å². The molecule has 1 aliphatic heterocycles. The van der Waals surface area contributed by atoms with E-state index in [9.17, 15) is 51.0 Å². The highest BCUT2D eigenvalue weighted by Crippen LogP contribution is 2.36. The number of carboxylic acids is 1. The maximum absolute atomic E-state index is 14.6. The number of hydrogen-bond donors (Lipinski definition) is 6.